The number of aromatic nitrogens is 2. The highest BCUT2D eigenvalue weighted by Crippen LogP contribution is 2.31. The molecule has 8 heteroatoms. The molecule has 1 fully saturated rings. The van der Waals surface area contributed by atoms with Gasteiger partial charge in [0, 0.05) is 38.7 Å². The Morgan fingerprint density at radius 2 is 2.29 bits per heavy atom. The molecule has 0 saturated carbocycles. The SMILES string of the molecule is N/C(=N/O)C1(C(=O)NCCCn2cccn2)CCOCC1. The van der Waals surface area contributed by atoms with E-state index >= 15 is 0 Å². The average molecular weight is 295 g/mol. The second-order valence-electron chi connectivity index (χ2n) is 5.06. The lowest BCUT2D eigenvalue weighted by Crippen LogP contribution is -2.53. The minimum Gasteiger partial charge on any atom is -0.409 e. The highest BCUT2D eigenvalue weighted by molar-refractivity contribution is 6.06. The molecule has 2 rings (SSSR count). The topological polar surface area (TPSA) is 115 Å². The molecule has 0 unspecified atom stereocenters. The van der Waals surface area contributed by atoms with Gasteiger partial charge in [0.15, 0.2) is 5.84 Å². The van der Waals surface area contributed by atoms with Crippen molar-refractivity contribution in [1.82, 2.24) is 15.1 Å². The number of oxime groups is 1. The van der Waals surface area contributed by atoms with Crippen LogP contribution in [0.3, 0.4) is 0 Å². The number of amides is 1. The summed E-state index contributed by atoms with van der Waals surface area (Å²) >= 11 is 0. The van der Waals surface area contributed by atoms with E-state index in [2.05, 4.69) is 15.6 Å². The summed E-state index contributed by atoms with van der Waals surface area (Å²) in [6.45, 7) is 2.10. The summed E-state index contributed by atoms with van der Waals surface area (Å²) in [6, 6.07) is 1.86. The molecule has 0 radical (unpaired) electrons. The summed E-state index contributed by atoms with van der Waals surface area (Å²) < 4.78 is 7.07. The van der Waals surface area contributed by atoms with Gasteiger partial charge in [0.25, 0.3) is 0 Å². The summed E-state index contributed by atoms with van der Waals surface area (Å²) in [5, 5.41) is 18.9. The zero-order valence-electron chi connectivity index (χ0n) is 11.9. The van der Waals surface area contributed by atoms with Crippen LogP contribution in [0.5, 0.6) is 0 Å². The first kappa shape index (κ1) is 15.3. The Balaban J connectivity index is 1.87. The lowest BCUT2D eigenvalue weighted by Gasteiger charge is -2.34. The van der Waals surface area contributed by atoms with Gasteiger partial charge in [0.2, 0.25) is 5.91 Å². The molecule has 1 aromatic rings. The van der Waals surface area contributed by atoms with Crippen LogP contribution in [0.25, 0.3) is 0 Å². The molecule has 2 heterocycles. The van der Waals surface area contributed by atoms with Crippen molar-refractivity contribution in [2.24, 2.45) is 16.3 Å². The summed E-state index contributed by atoms with van der Waals surface area (Å²) in [5.41, 5.74) is 4.77. The predicted molar refractivity (Wildman–Crippen MR) is 75.7 cm³/mol. The molecule has 0 spiro atoms. The number of amidine groups is 1. The van der Waals surface area contributed by atoms with Crippen LogP contribution in [-0.4, -0.2) is 46.5 Å². The highest BCUT2D eigenvalue weighted by Gasteiger charge is 2.44. The van der Waals surface area contributed by atoms with Crippen molar-refractivity contribution < 1.29 is 14.7 Å². The number of carbonyl (C=O) groups excluding carboxylic acids is 1. The molecular formula is C13H21N5O3. The van der Waals surface area contributed by atoms with Gasteiger partial charge in [0.1, 0.15) is 5.41 Å². The summed E-state index contributed by atoms with van der Waals surface area (Å²) in [4.78, 5) is 12.4. The van der Waals surface area contributed by atoms with E-state index in [0.29, 0.717) is 32.6 Å². The second kappa shape index (κ2) is 7.07. The third-order valence-electron chi connectivity index (χ3n) is 3.79. The van der Waals surface area contributed by atoms with Crippen LogP contribution in [0.1, 0.15) is 19.3 Å². The van der Waals surface area contributed by atoms with Crippen LogP contribution in [0, 0.1) is 5.41 Å². The van der Waals surface area contributed by atoms with Crippen molar-refractivity contribution in [3.05, 3.63) is 18.5 Å². The van der Waals surface area contributed by atoms with Gasteiger partial charge >= 0.3 is 0 Å². The summed E-state index contributed by atoms with van der Waals surface area (Å²) in [5.74, 6) is -0.253. The minimum atomic E-state index is -0.960. The van der Waals surface area contributed by atoms with Crippen molar-refractivity contribution in [2.75, 3.05) is 19.8 Å². The van der Waals surface area contributed by atoms with Gasteiger partial charge in [-0.3, -0.25) is 9.48 Å². The van der Waals surface area contributed by atoms with Crippen molar-refractivity contribution in [3.63, 3.8) is 0 Å². The first-order chi connectivity index (χ1) is 10.2. The molecule has 4 N–H and O–H groups in total. The third kappa shape index (κ3) is 3.52. The van der Waals surface area contributed by atoms with Crippen LogP contribution in [0.4, 0.5) is 0 Å². The molecule has 1 aliphatic heterocycles. The van der Waals surface area contributed by atoms with Gasteiger partial charge in [-0.25, -0.2) is 0 Å². The summed E-state index contributed by atoms with van der Waals surface area (Å²) in [6.07, 6.45) is 5.20. The summed E-state index contributed by atoms with van der Waals surface area (Å²) in [7, 11) is 0. The van der Waals surface area contributed by atoms with Gasteiger partial charge < -0.3 is 21.0 Å². The molecule has 116 valence electrons. The van der Waals surface area contributed by atoms with E-state index in [0.717, 1.165) is 13.0 Å². The number of nitrogens with one attached hydrogen (secondary N) is 1. The van der Waals surface area contributed by atoms with Gasteiger partial charge in [0.05, 0.1) is 0 Å². The van der Waals surface area contributed by atoms with E-state index in [4.69, 9.17) is 15.7 Å². The lowest BCUT2D eigenvalue weighted by atomic mass is 9.78. The molecule has 1 aromatic heterocycles. The fourth-order valence-corrected chi connectivity index (χ4v) is 2.46. The molecule has 1 saturated heterocycles. The van der Waals surface area contributed by atoms with Crippen LogP contribution in [0.2, 0.25) is 0 Å². The first-order valence-corrected chi connectivity index (χ1v) is 7.00. The van der Waals surface area contributed by atoms with Crippen molar-refractivity contribution in [1.29, 1.82) is 0 Å². The molecule has 0 aromatic carbocycles. The van der Waals surface area contributed by atoms with E-state index in [1.807, 2.05) is 12.3 Å². The van der Waals surface area contributed by atoms with Gasteiger partial charge in [-0.05, 0) is 25.3 Å². The number of hydrogen-bond donors (Lipinski definition) is 3. The van der Waals surface area contributed by atoms with E-state index in [-0.39, 0.29) is 11.7 Å². The number of rotatable bonds is 6. The molecule has 1 aliphatic rings. The van der Waals surface area contributed by atoms with E-state index in [1.165, 1.54) is 0 Å². The molecule has 21 heavy (non-hydrogen) atoms. The number of aryl methyl sites for hydroxylation is 1. The Morgan fingerprint density at radius 1 is 1.52 bits per heavy atom. The van der Waals surface area contributed by atoms with E-state index in [9.17, 15) is 4.79 Å². The van der Waals surface area contributed by atoms with Gasteiger partial charge in [-0.2, -0.15) is 5.10 Å². The van der Waals surface area contributed by atoms with Crippen LogP contribution in [-0.2, 0) is 16.1 Å². The lowest BCUT2D eigenvalue weighted by molar-refractivity contribution is -0.131. The number of nitrogens with zero attached hydrogens (tertiary/aromatic N) is 3. The van der Waals surface area contributed by atoms with Crippen molar-refractivity contribution in [3.8, 4) is 0 Å². The maximum atomic E-state index is 12.4. The zero-order chi connectivity index (χ0) is 15.1. The molecule has 1 amide bonds. The third-order valence-corrected chi connectivity index (χ3v) is 3.79. The normalized spacial score (nSPS) is 18.4. The Kier molecular flexibility index (Phi) is 5.15. The van der Waals surface area contributed by atoms with Crippen molar-refractivity contribution in [2.45, 2.75) is 25.8 Å². The minimum absolute atomic E-state index is 0.0459. The van der Waals surface area contributed by atoms with Gasteiger partial charge in [-0.15, -0.1) is 0 Å². The smallest absolute Gasteiger partial charge is 0.234 e. The van der Waals surface area contributed by atoms with Crippen molar-refractivity contribution >= 4 is 11.7 Å². The molecule has 0 atom stereocenters. The zero-order valence-corrected chi connectivity index (χ0v) is 11.9. The Hall–Kier alpha value is -2.09. The van der Waals surface area contributed by atoms with E-state index in [1.54, 1.807) is 10.9 Å². The maximum absolute atomic E-state index is 12.4. The number of hydrogen-bond acceptors (Lipinski definition) is 5. The Morgan fingerprint density at radius 3 is 2.90 bits per heavy atom. The van der Waals surface area contributed by atoms with E-state index < -0.39 is 5.41 Å². The second-order valence-corrected chi connectivity index (χ2v) is 5.06. The molecule has 0 bridgehead atoms. The number of nitrogens with two attached hydrogens (primary N) is 1. The molecule has 0 aliphatic carbocycles. The van der Waals surface area contributed by atoms with Crippen LogP contribution in [0.15, 0.2) is 23.6 Å². The Bertz CT molecular complexity index is 480. The average Bonchev–Trinajstić information content (AvgIpc) is 3.04. The Labute approximate surface area is 122 Å². The first-order valence-electron chi connectivity index (χ1n) is 7.00. The van der Waals surface area contributed by atoms with Crippen LogP contribution >= 0.6 is 0 Å². The number of ether oxygens (including phenoxy) is 1. The predicted octanol–water partition coefficient (Wildman–Crippen LogP) is -0.0674. The quantitative estimate of drug-likeness (QED) is 0.223. The standard InChI is InChI=1S/C13H21N5O3/c14-11(17-20)13(3-9-21-10-4-13)12(19)15-5-1-7-18-8-2-6-16-18/h2,6,8,20H,1,3-5,7,9-10H2,(H2,14,17)(H,15,19). The fourth-order valence-electron chi connectivity index (χ4n) is 2.46. The van der Waals surface area contributed by atoms with Gasteiger partial charge in [-0.1, -0.05) is 5.16 Å². The highest BCUT2D eigenvalue weighted by atomic mass is 16.5. The largest absolute Gasteiger partial charge is 0.409 e. The fraction of sp³-hybridized carbons (Fsp3) is 0.615. The molecular weight excluding hydrogens is 274 g/mol. The maximum Gasteiger partial charge on any atom is 0.234 e. The molecule has 8 nitrogen and oxygen atoms in total. The monoisotopic (exact) mass is 295 g/mol. The van der Waals surface area contributed by atoms with Crippen LogP contribution < -0.4 is 11.1 Å². The number of carbonyl (C=O) groups is 1.